The number of nitrogens with zero attached hydrogens (tertiary/aromatic N) is 1. The van der Waals surface area contributed by atoms with Crippen LogP contribution in [-0.2, 0) is 9.59 Å². The zero-order chi connectivity index (χ0) is 13.3. The average Bonchev–Trinajstić information content (AvgIpc) is 2.66. The third kappa shape index (κ3) is 2.03. The predicted octanol–water partition coefficient (Wildman–Crippen LogP) is 0.952. The van der Waals surface area contributed by atoms with E-state index < -0.39 is 11.9 Å². The van der Waals surface area contributed by atoms with E-state index in [0.717, 1.165) is 5.56 Å². The quantitative estimate of drug-likeness (QED) is 0.810. The lowest BCUT2D eigenvalue weighted by Gasteiger charge is -2.14. The predicted molar refractivity (Wildman–Crippen MR) is 64.5 cm³/mol. The van der Waals surface area contributed by atoms with E-state index in [1.165, 1.54) is 4.90 Å². The number of ether oxygens (including phenoxy) is 1. The summed E-state index contributed by atoms with van der Waals surface area (Å²) in [4.78, 5) is 24.5. The van der Waals surface area contributed by atoms with Crippen LogP contribution >= 0.6 is 0 Å². The molecule has 0 unspecified atom stereocenters. The van der Waals surface area contributed by atoms with Gasteiger partial charge in [0.25, 0.3) is 0 Å². The largest absolute Gasteiger partial charge is 0.497 e. The Bertz CT molecular complexity index is 486. The lowest BCUT2D eigenvalue weighted by molar-refractivity contribution is -0.147. The highest BCUT2D eigenvalue weighted by Gasteiger charge is 2.44. The lowest BCUT2D eigenvalue weighted by atomic mass is 9.88. The molecule has 1 aliphatic rings. The van der Waals surface area contributed by atoms with E-state index in [0.29, 0.717) is 12.3 Å². The summed E-state index contributed by atoms with van der Waals surface area (Å²) >= 11 is 0. The molecule has 1 amide bonds. The number of benzene rings is 1. The van der Waals surface area contributed by atoms with Gasteiger partial charge in [0, 0.05) is 19.5 Å². The standard InChI is InChI=1S/C13H15NO4/c1-14-7-10(11(12(14)15)13(16)17)8-4-3-5-9(6-8)18-2/h3-6,10-11H,7H2,1-2H3,(H,16,17)/t10-,11-/m1/s1. The minimum Gasteiger partial charge on any atom is -0.497 e. The average molecular weight is 249 g/mol. The first-order valence-corrected chi connectivity index (χ1v) is 5.66. The molecule has 1 heterocycles. The highest BCUT2D eigenvalue weighted by molar-refractivity contribution is 5.99. The van der Waals surface area contributed by atoms with Gasteiger partial charge < -0.3 is 14.7 Å². The number of carbonyl (C=O) groups excluding carboxylic acids is 1. The Morgan fingerprint density at radius 1 is 1.50 bits per heavy atom. The van der Waals surface area contributed by atoms with Gasteiger partial charge in [-0.3, -0.25) is 9.59 Å². The molecule has 2 rings (SSSR count). The molecule has 1 fully saturated rings. The van der Waals surface area contributed by atoms with E-state index in [1.807, 2.05) is 6.07 Å². The molecule has 1 aromatic rings. The van der Waals surface area contributed by atoms with Gasteiger partial charge in [0.15, 0.2) is 0 Å². The van der Waals surface area contributed by atoms with Crippen molar-refractivity contribution in [3.05, 3.63) is 29.8 Å². The van der Waals surface area contributed by atoms with E-state index in [9.17, 15) is 14.7 Å². The molecule has 18 heavy (non-hydrogen) atoms. The highest BCUT2D eigenvalue weighted by atomic mass is 16.5. The van der Waals surface area contributed by atoms with E-state index >= 15 is 0 Å². The summed E-state index contributed by atoms with van der Waals surface area (Å²) in [5, 5.41) is 9.18. The van der Waals surface area contributed by atoms with Crippen LogP contribution in [0.5, 0.6) is 5.75 Å². The van der Waals surface area contributed by atoms with Gasteiger partial charge in [-0.05, 0) is 17.7 Å². The number of hydrogen-bond donors (Lipinski definition) is 1. The van der Waals surface area contributed by atoms with Crippen LogP contribution in [0.15, 0.2) is 24.3 Å². The second-order valence-corrected chi connectivity index (χ2v) is 4.42. The maximum absolute atomic E-state index is 11.8. The first-order chi connectivity index (χ1) is 8.54. The van der Waals surface area contributed by atoms with E-state index in [4.69, 9.17) is 4.74 Å². The summed E-state index contributed by atoms with van der Waals surface area (Å²) in [5.74, 6) is -2.07. The van der Waals surface area contributed by atoms with Crippen molar-refractivity contribution < 1.29 is 19.4 Å². The van der Waals surface area contributed by atoms with Gasteiger partial charge in [-0.15, -0.1) is 0 Å². The Labute approximate surface area is 105 Å². The minimum atomic E-state index is -1.07. The number of carboxylic acid groups (broad SMARTS) is 1. The Balaban J connectivity index is 2.36. The van der Waals surface area contributed by atoms with Gasteiger partial charge in [0.05, 0.1) is 7.11 Å². The molecule has 96 valence electrons. The Kier molecular flexibility index (Phi) is 3.23. The molecule has 0 aliphatic carbocycles. The van der Waals surface area contributed by atoms with Crippen LogP contribution in [-0.4, -0.2) is 42.6 Å². The molecule has 5 heteroatoms. The third-order valence-electron chi connectivity index (χ3n) is 3.30. The fourth-order valence-corrected chi connectivity index (χ4v) is 2.35. The normalized spacial score (nSPS) is 23.2. The van der Waals surface area contributed by atoms with Gasteiger partial charge in [-0.25, -0.2) is 0 Å². The van der Waals surface area contributed by atoms with Crippen LogP contribution in [0, 0.1) is 5.92 Å². The number of methoxy groups -OCH3 is 1. The van der Waals surface area contributed by atoms with Crippen LogP contribution in [0.4, 0.5) is 0 Å². The summed E-state index contributed by atoms with van der Waals surface area (Å²) in [6.07, 6.45) is 0. The van der Waals surface area contributed by atoms with Crippen molar-refractivity contribution in [3.8, 4) is 5.75 Å². The van der Waals surface area contributed by atoms with Crippen LogP contribution in [0.25, 0.3) is 0 Å². The monoisotopic (exact) mass is 249 g/mol. The van der Waals surface area contributed by atoms with Gasteiger partial charge in [-0.1, -0.05) is 12.1 Å². The molecule has 0 aromatic heterocycles. The van der Waals surface area contributed by atoms with Gasteiger partial charge in [-0.2, -0.15) is 0 Å². The Morgan fingerprint density at radius 2 is 2.22 bits per heavy atom. The molecule has 0 saturated carbocycles. The zero-order valence-corrected chi connectivity index (χ0v) is 10.3. The van der Waals surface area contributed by atoms with Crippen molar-refractivity contribution >= 4 is 11.9 Å². The fraction of sp³-hybridized carbons (Fsp3) is 0.385. The van der Waals surface area contributed by atoms with E-state index in [2.05, 4.69) is 0 Å². The second-order valence-electron chi connectivity index (χ2n) is 4.42. The maximum Gasteiger partial charge on any atom is 0.316 e. The molecule has 1 saturated heterocycles. The number of aliphatic carboxylic acids is 1. The van der Waals surface area contributed by atoms with Crippen molar-refractivity contribution in [2.24, 2.45) is 5.92 Å². The molecule has 0 spiro atoms. The van der Waals surface area contributed by atoms with Crippen molar-refractivity contribution in [1.82, 2.24) is 4.90 Å². The van der Waals surface area contributed by atoms with Crippen LogP contribution in [0.2, 0.25) is 0 Å². The summed E-state index contributed by atoms with van der Waals surface area (Å²) in [7, 11) is 3.18. The first-order valence-electron chi connectivity index (χ1n) is 5.66. The highest BCUT2D eigenvalue weighted by Crippen LogP contribution is 2.34. The summed E-state index contributed by atoms with van der Waals surface area (Å²) in [6.45, 7) is 0.420. The molecule has 0 bridgehead atoms. The van der Waals surface area contributed by atoms with Crippen molar-refractivity contribution in [3.63, 3.8) is 0 Å². The summed E-state index contributed by atoms with van der Waals surface area (Å²) < 4.78 is 5.12. The number of amides is 1. The van der Waals surface area contributed by atoms with Crippen LogP contribution < -0.4 is 4.74 Å². The number of likely N-dealkylation sites (N-methyl/N-ethyl adjacent to an activating group) is 1. The molecule has 1 aromatic carbocycles. The first kappa shape index (κ1) is 12.4. The fourth-order valence-electron chi connectivity index (χ4n) is 2.35. The SMILES string of the molecule is COc1cccc([C@H]2CN(C)C(=O)[C@@H]2C(=O)O)c1. The molecule has 5 nitrogen and oxygen atoms in total. The Morgan fingerprint density at radius 3 is 2.83 bits per heavy atom. The topological polar surface area (TPSA) is 66.8 Å². The maximum atomic E-state index is 11.8. The molecular formula is C13H15NO4. The third-order valence-corrected chi connectivity index (χ3v) is 3.30. The number of likely N-dealkylation sites (tertiary alicyclic amines) is 1. The van der Waals surface area contributed by atoms with Crippen LogP contribution in [0.1, 0.15) is 11.5 Å². The lowest BCUT2D eigenvalue weighted by Crippen LogP contribution is -2.28. The minimum absolute atomic E-state index is 0.324. The second kappa shape index (κ2) is 4.68. The number of hydrogen-bond acceptors (Lipinski definition) is 3. The molecule has 0 radical (unpaired) electrons. The molecule has 1 aliphatic heterocycles. The van der Waals surface area contributed by atoms with Crippen molar-refractivity contribution in [2.45, 2.75) is 5.92 Å². The number of carbonyl (C=O) groups is 2. The van der Waals surface area contributed by atoms with E-state index in [-0.39, 0.29) is 11.8 Å². The summed E-state index contributed by atoms with van der Waals surface area (Å²) in [5.41, 5.74) is 0.819. The van der Waals surface area contributed by atoms with Crippen molar-refractivity contribution in [1.29, 1.82) is 0 Å². The summed E-state index contributed by atoms with van der Waals surface area (Å²) in [6, 6.07) is 7.21. The number of carboxylic acids is 1. The van der Waals surface area contributed by atoms with E-state index in [1.54, 1.807) is 32.4 Å². The van der Waals surface area contributed by atoms with Gasteiger partial charge in [0.1, 0.15) is 11.7 Å². The Hall–Kier alpha value is -2.04. The van der Waals surface area contributed by atoms with Crippen LogP contribution in [0.3, 0.4) is 0 Å². The van der Waals surface area contributed by atoms with Gasteiger partial charge >= 0.3 is 5.97 Å². The van der Waals surface area contributed by atoms with Gasteiger partial charge in [0.2, 0.25) is 5.91 Å². The van der Waals surface area contributed by atoms with Crippen molar-refractivity contribution in [2.75, 3.05) is 20.7 Å². The molecular weight excluding hydrogens is 234 g/mol. The molecule has 2 atom stereocenters. The zero-order valence-electron chi connectivity index (χ0n) is 10.3. The molecule has 1 N–H and O–H groups in total. The smallest absolute Gasteiger partial charge is 0.316 e. The number of rotatable bonds is 3.